The van der Waals surface area contributed by atoms with Gasteiger partial charge in [-0.1, -0.05) is 18.6 Å². The van der Waals surface area contributed by atoms with Crippen molar-refractivity contribution in [2.45, 2.75) is 19.3 Å². The highest BCUT2D eigenvalue weighted by Gasteiger charge is 2.16. The van der Waals surface area contributed by atoms with Crippen LogP contribution in [0.25, 0.3) is 0 Å². The van der Waals surface area contributed by atoms with Gasteiger partial charge in [-0.15, -0.1) is 0 Å². The summed E-state index contributed by atoms with van der Waals surface area (Å²) in [6.07, 6.45) is 5.80. The van der Waals surface area contributed by atoms with Crippen LogP contribution in [-0.2, 0) is 0 Å². The third-order valence-electron chi connectivity index (χ3n) is 2.83. The summed E-state index contributed by atoms with van der Waals surface area (Å²) in [7, 11) is 0. The van der Waals surface area contributed by atoms with Crippen LogP contribution >= 0.6 is 12.2 Å². The summed E-state index contributed by atoms with van der Waals surface area (Å²) in [6, 6.07) is 3.85. The Morgan fingerprint density at radius 3 is 3.00 bits per heavy atom. The maximum atomic E-state index is 5.52. The number of pyridine rings is 1. The van der Waals surface area contributed by atoms with E-state index in [4.69, 9.17) is 18.0 Å². The molecule has 0 saturated heterocycles. The third kappa shape index (κ3) is 2.65. The van der Waals surface area contributed by atoms with Crippen LogP contribution in [0, 0.1) is 5.92 Å². The van der Waals surface area contributed by atoms with Crippen molar-refractivity contribution in [3.8, 4) is 0 Å². The van der Waals surface area contributed by atoms with E-state index in [1.807, 2.05) is 12.1 Å². The van der Waals surface area contributed by atoms with E-state index < -0.39 is 0 Å². The molecule has 15 heavy (non-hydrogen) atoms. The zero-order chi connectivity index (χ0) is 10.7. The Labute approximate surface area is 95.1 Å². The first-order valence-corrected chi connectivity index (χ1v) is 5.66. The molecule has 0 radical (unpaired) electrons. The zero-order valence-corrected chi connectivity index (χ0v) is 9.39. The van der Waals surface area contributed by atoms with Crippen LogP contribution in [0.1, 0.15) is 25.0 Å². The zero-order valence-electron chi connectivity index (χ0n) is 8.57. The number of hydrogen-bond donors (Lipinski definition) is 2. The molecule has 1 fully saturated rings. The number of anilines is 1. The largest absolute Gasteiger partial charge is 0.388 e. The number of aromatic nitrogens is 1. The van der Waals surface area contributed by atoms with Gasteiger partial charge in [0.15, 0.2) is 0 Å². The molecule has 4 heteroatoms. The maximum absolute atomic E-state index is 5.52. The molecule has 0 aliphatic heterocycles. The molecule has 80 valence electrons. The van der Waals surface area contributed by atoms with Gasteiger partial charge in [0.05, 0.1) is 5.69 Å². The second kappa shape index (κ2) is 4.57. The number of nitrogens with one attached hydrogen (secondary N) is 1. The SMILES string of the molecule is NC(=S)c1cc(NCC2CCC2)ccn1. The van der Waals surface area contributed by atoms with Crippen molar-refractivity contribution in [3.05, 3.63) is 24.0 Å². The Hall–Kier alpha value is -1.16. The van der Waals surface area contributed by atoms with E-state index in [9.17, 15) is 0 Å². The Morgan fingerprint density at radius 2 is 2.40 bits per heavy atom. The highest BCUT2D eigenvalue weighted by atomic mass is 32.1. The van der Waals surface area contributed by atoms with Crippen LogP contribution < -0.4 is 11.1 Å². The van der Waals surface area contributed by atoms with E-state index >= 15 is 0 Å². The number of rotatable bonds is 4. The first-order valence-electron chi connectivity index (χ1n) is 5.25. The molecule has 0 bridgehead atoms. The first kappa shape index (κ1) is 10.4. The van der Waals surface area contributed by atoms with Crippen molar-refractivity contribution < 1.29 is 0 Å². The fraction of sp³-hybridized carbons (Fsp3) is 0.455. The van der Waals surface area contributed by atoms with Crippen molar-refractivity contribution in [2.24, 2.45) is 11.7 Å². The topological polar surface area (TPSA) is 50.9 Å². The molecule has 3 nitrogen and oxygen atoms in total. The van der Waals surface area contributed by atoms with E-state index in [1.54, 1.807) is 6.20 Å². The van der Waals surface area contributed by atoms with Gasteiger partial charge >= 0.3 is 0 Å². The summed E-state index contributed by atoms with van der Waals surface area (Å²) < 4.78 is 0. The molecule has 2 rings (SSSR count). The van der Waals surface area contributed by atoms with E-state index in [0.29, 0.717) is 10.7 Å². The van der Waals surface area contributed by atoms with Gasteiger partial charge in [-0.2, -0.15) is 0 Å². The minimum atomic E-state index is 0.349. The number of nitrogens with zero attached hydrogens (tertiary/aromatic N) is 1. The van der Waals surface area contributed by atoms with Crippen molar-refractivity contribution in [1.82, 2.24) is 4.98 Å². The lowest BCUT2D eigenvalue weighted by atomic mass is 9.85. The fourth-order valence-corrected chi connectivity index (χ4v) is 1.75. The monoisotopic (exact) mass is 221 g/mol. The molecule has 3 N–H and O–H groups in total. The average molecular weight is 221 g/mol. The van der Waals surface area contributed by atoms with Gasteiger partial charge in [0.25, 0.3) is 0 Å². The van der Waals surface area contributed by atoms with Crippen LogP contribution in [0.4, 0.5) is 5.69 Å². The molecule has 1 saturated carbocycles. The molecule has 1 heterocycles. The summed E-state index contributed by atoms with van der Waals surface area (Å²) in [4.78, 5) is 4.44. The van der Waals surface area contributed by atoms with Crippen molar-refractivity contribution in [3.63, 3.8) is 0 Å². The molecular weight excluding hydrogens is 206 g/mol. The highest BCUT2D eigenvalue weighted by molar-refractivity contribution is 7.80. The predicted molar refractivity (Wildman–Crippen MR) is 66.0 cm³/mol. The van der Waals surface area contributed by atoms with Gasteiger partial charge in [0.2, 0.25) is 0 Å². The number of hydrogen-bond acceptors (Lipinski definition) is 3. The Bertz CT molecular complexity index is 361. The van der Waals surface area contributed by atoms with Gasteiger partial charge in [-0.05, 0) is 30.9 Å². The maximum Gasteiger partial charge on any atom is 0.122 e. The Morgan fingerprint density at radius 1 is 1.60 bits per heavy atom. The molecule has 1 aromatic rings. The predicted octanol–water partition coefficient (Wildman–Crippen LogP) is 1.93. The van der Waals surface area contributed by atoms with Crippen molar-refractivity contribution in [1.29, 1.82) is 0 Å². The summed E-state index contributed by atoms with van der Waals surface area (Å²) in [5.74, 6) is 0.839. The van der Waals surface area contributed by atoms with E-state index in [0.717, 1.165) is 18.2 Å². The normalized spacial score (nSPS) is 15.7. The molecule has 1 aromatic heterocycles. The van der Waals surface area contributed by atoms with Crippen molar-refractivity contribution in [2.75, 3.05) is 11.9 Å². The summed E-state index contributed by atoms with van der Waals surface area (Å²) in [6.45, 7) is 1.04. The molecule has 0 aromatic carbocycles. The van der Waals surface area contributed by atoms with Gasteiger partial charge < -0.3 is 11.1 Å². The average Bonchev–Trinajstić information content (AvgIpc) is 2.16. The minimum absolute atomic E-state index is 0.349. The lowest BCUT2D eigenvalue weighted by Crippen LogP contribution is -2.21. The third-order valence-corrected chi connectivity index (χ3v) is 3.04. The minimum Gasteiger partial charge on any atom is -0.388 e. The fourth-order valence-electron chi connectivity index (χ4n) is 1.63. The van der Waals surface area contributed by atoms with Crippen LogP contribution in [0.15, 0.2) is 18.3 Å². The Balaban J connectivity index is 1.94. The molecule has 0 amide bonds. The van der Waals surface area contributed by atoms with Gasteiger partial charge in [0, 0.05) is 18.4 Å². The van der Waals surface area contributed by atoms with Gasteiger partial charge in [-0.25, -0.2) is 0 Å². The molecule has 0 spiro atoms. The number of nitrogens with two attached hydrogens (primary N) is 1. The quantitative estimate of drug-likeness (QED) is 0.763. The van der Waals surface area contributed by atoms with E-state index in [2.05, 4.69) is 10.3 Å². The van der Waals surface area contributed by atoms with Gasteiger partial charge in [0.1, 0.15) is 4.99 Å². The molecule has 0 atom stereocenters. The summed E-state index contributed by atoms with van der Waals surface area (Å²) in [5.41, 5.74) is 7.26. The number of thiocarbonyl (C=S) groups is 1. The lowest BCUT2D eigenvalue weighted by molar-refractivity contribution is 0.333. The van der Waals surface area contributed by atoms with Crippen LogP contribution in [0.3, 0.4) is 0 Å². The summed E-state index contributed by atoms with van der Waals surface area (Å²) in [5, 5.41) is 3.39. The smallest absolute Gasteiger partial charge is 0.122 e. The molecular formula is C11H15N3S. The second-order valence-electron chi connectivity index (χ2n) is 3.97. The van der Waals surface area contributed by atoms with Crippen LogP contribution in [0.2, 0.25) is 0 Å². The first-order chi connectivity index (χ1) is 7.25. The second-order valence-corrected chi connectivity index (χ2v) is 4.41. The standard InChI is InChI=1S/C11H15N3S/c12-11(15)10-6-9(4-5-13-10)14-7-8-2-1-3-8/h4-6,8H,1-3,7H2,(H2,12,15)(H,13,14). The van der Waals surface area contributed by atoms with E-state index in [-0.39, 0.29) is 0 Å². The molecule has 0 unspecified atom stereocenters. The lowest BCUT2D eigenvalue weighted by Gasteiger charge is -2.25. The molecule has 1 aliphatic carbocycles. The van der Waals surface area contributed by atoms with Gasteiger partial charge in [-0.3, -0.25) is 4.98 Å². The van der Waals surface area contributed by atoms with E-state index in [1.165, 1.54) is 19.3 Å². The van der Waals surface area contributed by atoms with Crippen LogP contribution in [-0.4, -0.2) is 16.5 Å². The molecule has 1 aliphatic rings. The van der Waals surface area contributed by atoms with Crippen LogP contribution in [0.5, 0.6) is 0 Å². The summed E-state index contributed by atoms with van der Waals surface area (Å²) >= 11 is 4.88. The van der Waals surface area contributed by atoms with Crippen molar-refractivity contribution >= 4 is 22.9 Å². The highest BCUT2D eigenvalue weighted by Crippen LogP contribution is 2.26. The Kier molecular flexibility index (Phi) is 3.16.